The zero-order valence-corrected chi connectivity index (χ0v) is 16.7. The lowest BCUT2D eigenvalue weighted by atomic mass is 9.98. The normalized spacial score (nSPS) is 14.8. The number of fused-ring (bicyclic) bond motifs is 1. The Hall–Kier alpha value is -3.76. The molecule has 0 saturated carbocycles. The summed E-state index contributed by atoms with van der Waals surface area (Å²) in [5.74, 6) is 2.97. The van der Waals surface area contributed by atoms with Crippen LogP contribution in [0.25, 0.3) is 5.69 Å². The second-order valence-electron chi connectivity index (χ2n) is 6.52. The number of methoxy groups -OCH3 is 1. The first-order chi connectivity index (χ1) is 14.6. The minimum Gasteiger partial charge on any atom is -0.494 e. The van der Waals surface area contributed by atoms with E-state index in [1.807, 2.05) is 28.9 Å². The first kappa shape index (κ1) is 21.0. The van der Waals surface area contributed by atoms with E-state index in [1.54, 1.807) is 25.2 Å². The molecule has 1 atom stereocenters. The van der Waals surface area contributed by atoms with Crippen LogP contribution in [0.3, 0.4) is 0 Å². The van der Waals surface area contributed by atoms with Gasteiger partial charge in [-0.05, 0) is 18.6 Å². The fraction of sp³-hybridized carbons (Fsp3) is 0.368. The summed E-state index contributed by atoms with van der Waals surface area (Å²) >= 11 is 0. The van der Waals surface area contributed by atoms with E-state index >= 15 is 0 Å². The quantitative estimate of drug-likeness (QED) is 0.580. The Morgan fingerprint density at radius 3 is 2.90 bits per heavy atom. The summed E-state index contributed by atoms with van der Waals surface area (Å²) < 4.78 is 9.21. The number of carboxylic acid groups (broad SMARTS) is 1. The summed E-state index contributed by atoms with van der Waals surface area (Å²) in [7, 11) is 3.23. The molecule has 2 aromatic heterocycles. The van der Waals surface area contributed by atoms with Crippen LogP contribution in [0.4, 0.5) is 0 Å². The van der Waals surface area contributed by atoms with E-state index in [-0.39, 0.29) is 24.7 Å². The minimum absolute atomic E-state index is 0.120. The standard InChI is InChI=1S/C18H21N7O2.CH2O2/c1-19-17(26)9-15-22-18(12-7-8-16-20-11-21-24(16)10-12)25(23-15)13-5-3-4-6-14(13)27-2;2-1-3/h3-6,11-12H,7-10H2,1-2H3,(H,19,26);1H,(H,2,3). The Kier molecular flexibility index (Phi) is 6.73. The molecule has 0 fully saturated rings. The number of hydrogen-bond donors (Lipinski definition) is 2. The Bertz CT molecular complexity index is 1010. The van der Waals surface area contributed by atoms with Gasteiger partial charge in [-0.25, -0.2) is 19.3 Å². The van der Waals surface area contributed by atoms with Crippen LogP contribution < -0.4 is 10.1 Å². The van der Waals surface area contributed by atoms with Crippen LogP contribution in [0, 0.1) is 0 Å². The van der Waals surface area contributed by atoms with Crippen molar-refractivity contribution in [3.8, 4) is 11.4 Å². The summed E-state index contributed by atoms with van der Waals surface area (Å²) in [6.45, 7) is 0.433. The van der Waals surface area contributed by atoms with Crippen LogP contribution in [0.5, 0.6) is 5.75 Å². The van der Waals surface area contributed by atoms with Gasteiger partial charge in [-0.2, -0.15) is 10.2 Å². The predicted octanol–water partition coefficient (Wildman–Crippen LogP) is 0.587. The van der Waals surface area contributed by atoms with Crippen molar-refractivity contribution in [1.29, 1.82) is 0 Å². The molecule has 158 valence electrons. The largest absolute Gasteiger partial charge is 0.494 e. The molecule has 0 saturated heterocycles. The highest BCUT2D eigenvalue weighted by Gasteiger charge is 2.28. The Morgan fingerprint density at radius 1 is 1.40 bits per heavy atom. The van der Waals surface area contributed by atoms with Gasteiger partial charge in [0.15, 0.2) is 5.82 Å². The van der Waals surface area contributed by atoms with Crippen molar-refractivity contribution in [2.75, 3.05) is 14.2 Å². The van der Waals surface area contributed by atoms with Gasteiger partial charge in [0.05, 0.1) is 20.1 Å². The lowest BCUT2D eigenvalue weighted by Crippen LogP contribution is -2.23. The van der Waals surface area contributed by atoms with E-state index < -0.39 is 0 Å². The summed E-state index contributed by atoms with van der Waals surface area (Å²) in [4.78, 5) is 29.2. The summed E-state index contributed by atoms with van der Waals surface area (Å²) in [6, 6.07) is 7.66. The first-order valence-corrected chi connectivity index (χ1v) is 9.35. The highest BCUT2D eigenvalue weighted by atomic mass is 16.5. The maximum absolute atomic E-state index is 11.8. The monoisotopic (exact) mass is 413 g/mol. The summed E-state index contributed by atoms with van der Waals surface area (Å²) in [5.41, 5.74) is 0.801. The number of benzene rings is 1. The topological polar surface area (TPSA) is 137 Å². The van der Waals surface area contributed by atoms with Crippen molar-refractivity contribution in [1.82, 2.24) is 34.8 Å². The highest BCUT2D eigenvalue weighted by Crippen LogP contribution is 2.30. The fourth-order valence-electron chi connectivity index (χ4n) is 3.37. The number of aromatic nitrogens is 6. The highest BCUT2D eigenvalue weighted by molar-refractivity contribution is 5.77. The van der Waals surface area contributed by atoms with Crippen molar-refractivity contribution < 1.29 is 19.4 Å². The zero-order chi connectivity index (χ0) is 21.5. The molecule has 3 heterocycles. The molecule has 1 unspecified atom stereocenters. The molecule has 11 heteroatoms. The van der Waals surface area contributed by atoms with Crippen LogP contribution in [-0.4, -0.2) is 61.2 Å². The molecule has 11 nitrogen and oxygen atoms in total. The van der Waals surface area contributed by atoms with E-state index in [9.17, 15) is 4.79 Å². The van der Waals surface area contributed by atoms with Crippen LogP contribution >= 0.6 is 0 Å². The smallest absolute Gasteiger partial charge is 0.290 e. The third kappa shape index (κ3) is 4.45. The summed E-state index contributed by atoms with van der Waals surface area (Å²) in [5, 5.41) is 18.4. The number of rotatable bonds is 5. The van der Waals surface area contributed by atoms with Crippen LogP contribution in [0.1, 0.15) is 29.8 Å². The van der Waals surface area contributed by atoms with E-state index in [4.69, 9.17) is 19.6 Å². The molecule has 4 rings (SSSR count). The van der Waals surface area contributed by atoms with Gasteiger partial charge in [-0.15, -0.1) is 0 Å². The molecule has 0 aliphatic carbocycles. The van der Waals surface area contributed by atoms with Gasteiger partial charge < -0.3 is 15.2 Å². The van der Waals surface area contributed by atoms with Gasteiger partial charge in [0.2, 0.25) is 5.91 Å². The molecule has 1 amide bonds. The lowest BCUT2D eigenvalue weighted by Gasteiger charge is -2.22. The molecule has 0 bridgehead atoms. The van der Waals surface area contributed by atoms with E-state index in [1.165, 1.54) is 0 Å². The number of para-hydroxylation sites is 2. The average molecular weight is 413 g/mol. The second kappa shape index (κ2) is 9.63. The molecule has 0 radical (unpaired) electrons. The number of carbonyl (C=O) groups excluding carboxylic acids is 1. The van der Waals surface area contributed by atoms with Crippen LogP contribution in [-0.2, 0) is 29.0 Å². The van der Waals surface area contributed by atoms with E-state index in [2.05, 4.69) is 20.5 Å². The second-order valence-corrected chi connectivity index (χ2v) is 6.52. The third-order valence-electron chi connectivity index (χ3n) is 4.76. The Morgan fingerprint density at radius 2 is 2.17 bits per heavy atom. The number of nitrogens with zero attached hydrogens (tertiary/aromatic N) is 6. The van der Waals surface area contributed by atoms with Crippen molar-refractivity contribution in [3.63, 3.8) is 0 Å². The van der Waals surface area contributed by atoms with Crippen molar-refractivity contribution in [3.05, 3.63) is 48.1 Å². The Balaban J connectivity index is 0.000000806. The molecule has 1 aliphatic rings. The predicted molar refractivity (Wildman–Crippen MR) is 105 cm³/mol. The number of amides is 1. The van der Waals surface area contributed by atoms with E-state index in [0.717, 1.165) is 30.2 Å². The van der Waals surface area contributed by atoms with Gasteiger partial charge in [0.1, 0.15) is 29.4 Å². The minimum atomic E-state index is -0.250. The maximum Gasteiger partial charge on any atom is 0.290 e. The van der Waals surface area contributed by atoms with Gasteiger partial charge in [0, 0.05) is 19.4 Å². The van der Waals surface area contributed by atoms with Crippen molar-refractivity contribution >= 4 is 12.4 Å². The number of carbonyl (C=O) groups is 2. The number of likely N-dealkylation sites (N-methyl/N-ethyl adjacent to an activating group) is 1. The van der Waals surface area contributed by atoms with Gasteiger partial charge >= 0.3 is 0 Å². The van der Waals surface area contributed by atoms with Crippen LogP contribution in [0.2, 0.25) is 0 Å². The first-order valence-electron chi connectivity index (χ1n) is 9.35. The zero-order valence-electron chi connectivity index (χ0n) is 16.7. The lowest BCUT2D eigenvalue weighted by molar-refractivity contribution is -0.123. The fourth-order valence-corrected chi connectivity index (χ4v) is 3.37. The van der Waals surface area contributed by atoms with Crippen molar-refractivity contribution in [2.24, 2.45) is 0 Å². The third-order valence-corrected chi connectivity index (χ3v) is 4.76. The molecular formula is C19H23N7O4. The number of nitrogens with one attached hydrogen (secondary N) is 1. The van der Waals surface area contributed by atoms with Gasteiger partial charge in [0.25, 0.3) is 6.47 Å². The SMILES string of the molecule is CNC(=O)Cc1nc(C2CCc3ncnn3C2)n(-c2ccccc2OC)n1.O=CO. The molecule has 1 aliphatic heterocycles. The number of aryl methyl sites for hydroxylation is 1. The molecule has 3 aromatic rings. The number of ether oxygens (including phenoxy) is 1. The molecule has 1 aromatic carbocycles. The van der Waals surface area contributed by atoms with Crippen molar-refractivity contribution in [2.45, 2.75) is 31.7 Å². The molecule has 0 spiro atoms. The van der Waals surface area contributed by atoms with Crippen LogP contribution in [0.15, 0.2) is 30.6 Å². The molecule has 2 N–H and O–H groups in total. The summed E-state index contributed by atoms with van der Waals surface area (Å²) in [6.07, 6.45) is 3.44. The van der Waals surface area contributed by atoms with E-state index in [0.29, 0.717) is 18.1 Å². The maximum atomic E-state index is 11.8. The average Bonchev–Trinajstić information content (AvgIpc) is 3.40. The Labute approximate surface area is 172 Å². The van der Waals surface area contributed by atoms with Gasteiger partial charge in [-0.3, -0.25) is 9.59 Å². The van der Waals surface area contributed by atoms with Gasteiger partial charge in [-0.1, -0.05) is 12.1 Å². The molecule has 30 heavy (non-hydrogen) atoms. The number of hydrogen-bond acceptors (Lipinski definition) is 7. The molecular weight excluding hydrogens is 390 g/mol.